The molecule has 0 amide bonds. The molecule has 0 saturated heterocycles. The monoisotopic (exact) mass is 363 g/mol. The second-order valence-corrected chi connectivity index (χ2v) is 6.18. The van der Waals surface area contributed by atoms with Crippen molar-refractivity contribution in [1.82, 2.24) is 14.4 Å². The maximum atomic E-state index is 12.2. The van der Waals surface area contributed by atoms with Gasteiger partial charge in [0.15, 0.2) is 11.5 Å². The zero-order chi connectivity index (χ0) is 18.8. The first-order chi connectivity index (χ1) is 13.1. The second kappa shape index (κ2) is 7.03. The van der Waals surface area contributed by atoms with Crippen LogP contribution in [0.2, 0.25) is 0 Å². The molecule has 0 aliphatic heterocycles. The van der Waals surface area contributed by atoms with Crippen LogP contribution < -0.4 is 5.56 Å². The van der Waals surface area contributed by atoms with E-state index in [0.717, 1.165) is 11.2 Å². The SMILES string of the molecule is Cc1cccc2nc(COC(=O)CCc3nc4ccccc4o3)cc(=O)n12. The number of carbonyl (C=O) groups is 1. The molecule has 7 heteroatoms. The number of pyridine rings is 1. The summed E-state index contributed by atoms with van der Waals surface area (Å²) >= 11 is 0. The van der Waals surface area contributed by atoms with Gasteiger partial charge in [0.05, 0.1) is 12.1 Å². The van der Waals surface area contributed by atoms with Crippen LogP contribution in [0.1, 0.15) is 23.7 Å². The Balaban J connectivity index is 1.39. The Morgan fingerprint density at radius 2 is 2.00 bits per heavy atom. The molecule has 0 radical (unpaired) electrons. The van der Waals surface area contributed by atoms with Crippen molar-refractivity contribution in [2.75, 3.05) is 0 Å². The van der Waals surface area contributed by atoms with E-state index in [-0.39, 0.29) is 18.6 Å². The van der Waals surface area contributed by atoms with Gasteiger partial charge in [-0.05, 0) is 31.2 Å². The molecule has 0 N–H and O–H groups in total. The van der Waals surface area contributed by atoms with Crippen LogP contribution >= 0.6 is 0 Å². The van der Waals surface area contributed by atoms with E-state index in [2.05, 4.69) is 9.97 Å². The van der Waals surface area contributed by atoms with Gasteiger partial charge < -0.3 is 9.15 Å². The largest absolute Gasteiger partial charge is 0.459 e. The average molecular weight is 363 g/mol. The number of rotatable bonds is 5. The van der Waals surface area contributed by atoms with Crippen LogP contribution in [-0.4, -0.2) is 20.3 Å². The highest BCUT2D eigenvalue weighted by molar-refractivity contribution is 5.72. The van der Waals surface area contributed by atoms with Gasteiger partial charge in [-0.1, -0.05) is 18.2 Å². The first kappa shape index (κ1) is 17.0. The fraction of sp³-hybridized carbons (Fsp3) is 0.200. The number of ether oxygens (including phenoxy) is 1. The van der Waals surface area contributed by atoms with Crippen LogP contribution in [0.25, 0.3) is 16.7 Å². The van der Waals surface area contributed by atoms with Gasteiger partial charge in [0.25, 0.3) is 5.56 Å². The summed E-state index contributed by atoms with van der Waals surface area (Å²) in [6.45, 7) is 1.79. The van der Waals surface area contributed by atoms with Crippen molar-refractivity contribution in [3.63, 3.8) is 0 Å². The number of hydrogen-bond donors (Lipinski definition) is 0. The van der Waals surface area contributed by atoms with Gasteiger partial charge in [-0.2, -0.15) is 0 Å². The van der Waals surface area contributed by atoms with Crippen molar-refractivity contribution in [3.05, 3.63) is 76.2 Å². The van der Waals surface area contributed by atoms with Crippen LogP contribution in [0.5, 0.6) is 0 Å². The lowest BCUT2D eigenvalue weighted by Crippen LogP contribution is -2.18. The van der Waals surface area contributed by atoms with E-state index in [9.17, 15) is 9.59 Å². The molecule has 4 aromatic rings. The zero-order valence-corrected chi connectivity index (χ0v) is 14.7. The van der Waals surface area contributed by atoms with Crippen LogP contribution in [0, 0.1) is 6.92 Å². The Hall–Kier alpha value is -3.48. The highest BCUT2D eigenvalue weighted by atomic mass is 16.5. The van der Waals surface area contributed by atoms with Gasteiger partial charge in [0.1, 0.15) is 17.8 Å². The molecule has 0 aliphatic carbocycles. The Labute approximate surface area is 154 Å². The van der Waals surface area contributed by atoms with E-state index in [1.165, 1.54) is 10.5 Å². The number of benzene rings is 1. The van der Waals surface area contributed by atoms with Crippen molar-refractivity contribution in [3.8, 4) is 0 Å². The van der Waals surface area contributed by atoms with Crippen molar-refractivity contribution in [1.29, 1.82) is 0 Å². The minimum atomic E-state index is -0.400. The number of aryl methyl sites for hydroxylation is 2. The first-order valence-electron chi connectivity index (χ1n) is 8.58. The summed E-state index contributed by atoms with van der Waals surface area (Å²) in [5, 5.41) is 0. The van der Waals surface area contributed by atoms with Crippen molar-refractivity contribution >= 4 is 22.7 Å². The minimum Gasteiger partial charge on any atom is -0.459 e. The number of oxazole rings is 1. The molecule has 0 atom stereocenters. The molecule has 3 aromatic heterocycles. The highest BCUT2D eigenvalue weighted by Crippen LogP contribution is 2.16. The number of aromatic nitrogens is 3. The molecule has 7 nitrogen and oxygen atoms in total. The number of nitrogens with zero attached hydrogens (tertiary/aromatic N) is 3. The maximum Gasteiger partial charge on any atom is 0.306 e. The van der Waals surface area contributed by atoms with Crippen molar-refractivity contribution in [2.45, 2.75) is 26.4 Å². The van der Waals surface area contributed by atoms with E-state index in [4.69, 9.17) is 9.15 Å². The molecule has 136 valence electrons. The van der Waals surface area contributed by atoms with Crippen LogP contribution in [0.3, 0.4) is 0 Å². The number of esters is 1. The van der Waals surface area contributed by atoms with Gasteiger partial charge in [0, 0.05) is 18.2 Å². The quantitative estimate of drug-likeness (QED) is 0.507. The summed E-state index contributed by atoms with van der Waals surface area (Å²) in [4.78, 5) is 32.9. The molecule has 0 saturated carbocycles. The standard InChI is InChI=1S/C20H17N3O4/c1-13-5-4-8-17-21-14(11-19(24)23(13)17)12-26-20(25)10-9-18-22-15-6-2-3-7-16(15)27-18/h2-8,11H,9-10,12H2,1H3. The molecule has 0 fully saturated rings. The molecule has 0 spiro atoms. The molecule has 0 bridgehead atoms. The topological polar surface area (TPSA) is 86.7 Å². The van der Waals surface area contributed by atoms with Gasteiger partial charge >= 0.3 is 5.97 Å². The maximum absolute atomic E-state index is 12.2. The third-order valence-electron chi connectivity index (χ3n) is 4.20. The summed E-state index contributed by atoms with van der Waals surface area (Å²) in [7, 11) is 0. The van der Waals surface area contributed by atoms with Gasteiger partial charge in [-0.3, -0.25) is 14.0 Å². The summed E-state index contributed by atoms with van der Waals surface area (Å²) < 4.78 is 12.3. The Morgan fingerprint density at radius 3 is 2.85 bits per heavy atom. The molecule has 4 rings (SSSR count). The summed E-state index contributed by atoms with van der Waals surface area (Å²) in [6.07, 6.45) is 0.485. The van der Waals surface area contributed by atoms with E-state index in [0.29, 0.717) is 29.2 Å². The third-order valence-corrected chi connectivity index (χ3v) is 4.20. The molecule has 1 aromatic carbocycles. The molecule has 0 unspecified atom stereocenters. The van der Waals surface area contributed by atoms with E-state index >= 15 is 0 Å². The Kier molecular flexibility index (Phi) is 4.42. The van der Waals surface area contributed by atoms with E-state index in [1.54, 1.807) is 6.07 Å². The molecule has 27 heavy (non-hydrogen) atoms. The van der Waals surface area contributed by atoms with Crippen LogP contribution in [0.4, 0.5) is 0 Å². The highest BCUT2D eigenvalue weighted by Gasteiger charge is 2.11. The third kappa shape index (κ3) is 3.57. The fourth-order valence-corrected chi connectivity index (χ4v) is 2.90. The van der Waals surface area contributed by atoms with Gasteiger partial charge in [-0.25, -0.2) is 9.97 Å². The van der Waals surface area contributed by atoms with Gasteiger partial charge in [0.2, 0.25) is 0 Å². The minimum absolute atomic E-state index is 0.0495. The fourth-order valence-electron chi connectivity index (χ4n) is 2.90. The summed E-state index contributed by atoms with van der Waals surface area (Å²) in [5.74, 6) is 0.0918. The number of carbonyl (C=O) groups excluding carboxylic acids is 1. The van der Waals surface area contributed by atoms with E-state index in [1.807, 2.05) is 43.3 Å². The molecular weight excluding hydrogens is 346 g/mol. The lowest BCUT2D eigenvalue weighted by atomic mass is 10.3. The van der Waals surface area contributed by atoms with Crippen LogP contribution in [0.15, 0.2) is 57.7 Å². The normalized spacial score (nSPS) is 11.1. The van der Waals surface area contributed by atoms with Crippen molar-refractivity contribution < 1.29 is 13.9 Å². The summed E-state index contributed by atoms with van der Waals surface area (Å²) in [6, 6.07) is 14.2. The van der Waals surface area contributed by atoms with Crippen LogP contribution in [-0.2, 0) is 22.6 Å². The number of hydrogen-bond acceptors (Lipinski definition) is 6. The predicted octanol–water partition coefficient (Wildman–Crippen LogP) is 2.82. The Morgan fingerprint density at radius 1 is 1.15 bits per heavy atom. The molecular formula is C20H17N3O4. The number of fused-ring (bicyclic) bond motifs is 2. The Bertz CT molecular complexity index is 1160. The summed E-state index contributed by atoms with van der Waals surface area (Å²) in [5.41, 5.74) is 3.00. The lowest BCUT2D eigenvalue weighted by Gasteiger charge is -2.07. The predicted molar refractivity (Wildman–Crippen MR) is 98.3 cm³/mol. The van der Waals surface area contributed by atoms with E-state index < -0.39 is 5.97 Å². The number of para-hydroxylation sites is 2. The average Bonchev–Trinajstić information content (AvgIpc) is 3.07. The van der Waals surface area contributed by atoms with Crippen molar-refractivity contribution in [2.24, 2.45) is 0 Å². The second-order valence-electron chi connectivity index (χ2n) is 6.18. The molecule has 0 aliphatic rings. The first-order valence-corrected chi connectivity index (χ1v) is 8.58. The smallest absolute Gasteiger partial charge is 0.306 e. The zero-order valence-electron chi connectivity index (χ0n) is 14.7. The molecule has 3 heterocycles. The lowest BCUT2D eigenvalue weighted by molar-refractivity contribution is -0.145. The van der Waals surface area contributed by atoms with Gasteiger partial charge in [-0.15, -0.1) is 0 Å².